The van der Waals surface area contributed by atoms with Crippen molar-refractivity contribution in [3.8, 4) is 23.3 Å². The van der Waals surface area contributed by atoms with Crippen LogP contribution in [0.4, 0.5) is 5.82 Å². The van der Waals surface area contributed by atoms with Crippen LogP contribution in [0.15, 0.2) is 35.4 Å². The van der Waals surface area contributed by atoms with Gasteiger partial charge in [0, 0.05) is 23.8 Å². The van der Waals surface area contributed by atoms with Gasteiger partial charge in [0.2, 0.25) is 0 Å². The number of hydrogen-bond donors (Lipinski definition) is 1. The maximum atomic E-state index is 9.78. The van der Waals surface area contributed by atoms with Crippen molar-refractivity contribution in [3.63, 3.8) is 0 Å². The van der Waals surface area contributed by atoms with Crippen molar-refractivity contribution in [3.05, 3.63) is 41.5 Å². The van der Waals surface area contributed by atoms with E-state index in [1.165, 1.54) is 0 Å². The first kappa shape index (κ1) is 17.3. The molecule has 6 heteroatoms. The third-order valence-corrected chi connectivity index (χ3v) is 5.16. The summed E-state index contributed by atoms with van der Waals surface area (Å²) in [6, 6.07) is 14.1. The maximum absolute atomic E-state index is 9.78. The predicted octanol–water partition coefficient (Wildman–Crippen LogP) is 3.66. The Hall–Kier alpha value is -2.54. The fraction of sp³-hybridized carbons (Fsp3) is 0.316. The van der Waals surface area contributed by atoms with Crippen LogP contribution < -0.4 is 5.32 Å². The number of anilines is 1. The molecule has 1 aliphatic heterocycles. The first-order chi connectivity index (χ1) is 12.3. The smallest absolute Gasteiger partial charge is 0.146 e. The van der Waals surface area contributed by atoms with Crippen molar-refractivity contribution in [2.45, 2.75) is 11.9 Å². The van der Waals surface area contributed by atoms with Crippen molar-refractivity contribution in [1.29, 1.82) is 10.5 Å². The Kier molecular flexibility index (Phi) is 5.55. The zero-order valence-electron chi connectivity index (χ0n) is 14.0. The number of hydrogen-bond acceptors (Lipinski definition) is 6. The van der Waals surface area contributed by atoms with Crippen LogP contribution in [-0.4, -0.2) is 30.5 Å². The largest absolute Gasteiger partial charge is 0.381 e. The average Bonchev–Trinajstić information content (AvgIpc) is 2.60. The number of ether oxygens (including phenoxy) is 1. The molecule has 2 aromatic rings. The molecule has 1 aromatic heterocycles. The Morgan fingerprint density at radius 2 is 1.92 bits per heavy atom. The molecule has 0 aliphatic carbocycles. The van der Waals surface area contributed by atoms with Crippen molar-refractivity contribution in [2.24, 2.45) is 5.92 Å². The van der Waals surface area contributed by atoms with Gasteiger partial charge >= 0.3 is 0 Å². The molecule has 0 spiro atoms. The molecule has 5 nitrogen and oxygen atoms in total. The van der Waals surface area contributed by atoms with E-state index in [0.717, 1.165) is 24.5 Å². The fourth-order valence-electron chi connectivity index (χ4n) is 2.65. The summed E-state index contributed by atoms with van der Waals surface area (Å²) in [6.07, 6.45) is 0. The number of rotatable bonds is 6. The van der Waals surface area contributed by atoms with Gasteiger partial charge in [-0.1, -0.05) is 30.3 Å². The lowest BCUT2D eigenvalue weighted by atomic mass is 9.97. The van der Waals surface area contributed by atoms with E-state index >= 15 is 0 Å². The lowest BCUT2D eigenvalue weighted by Gasteiger charge is -2.25. The van der Waals surface area contributed by atoms with E-state index in [1.54, 1.807) is 11.8 Å². The van der Waals surface area contributed by atoms with Crippen LogP contribution in [0, 0.1) is 28.6 Å². The normalized spacial score (nSPS) is 13.6. The minimum absolute atomic E-state index is 0.418. The van der Waals surface area contributed by atoms with Crippen LogP contribution in [0.25, 0.3) is 11.1 Å². The van der Waals surface area contributed by atoms with Crippen LogP contribution in [-0.2, 0) is 4.74 Å². The Bertz CT molecular complexity index is 835. The average molecular weight is 350 g/mol. The minimum Gasteiger partial charge on any atom is -0.381 e. The summed E-state index contributed by atoms with van der Waals surface area (Å²) in [5, 5.41) is 23.3. The topological polar surface area (TPSA) is 81.7 Å². The van der Waals surface area contributed by atoms with Gasteiger partial charge in [0.05, 0.1) is 18.8 Å². The number of nitriles is 2. The van der Waals surface area contributed by atoms with E-state index in [9.17, 15) is 10.5 Å². The van der Waals surface area contributed by atoms with Crippen LogP contribution in [0.1, 0.15) is 18.1 Å². The van der Waals surface area contributed by atoms with E-state index in [-0.39, 0.29) is 0 Å². The van der Waals surface area contributed by atoms with E-state index in [1.807, 2.05) is 37.3 Å². The lowest BCUT2D eigenvalue weighted by molar-refractivity contribution is -0.0196. The van der Waals surface area contributed by atoms with Gasteiger partial charge in [0.25, 0.3) is 0 Å². The number of nitrogens with one attached hydrogen (secondary N) is 1. The summed E-state index contributed by atoms with van der Waals surface area (Å²) in [6.45, 7) is 4.14. The molecule has 25 heavy (non-hydrogen) atoms. The van der Waals surface area contributed by atoms with Crippen LogP contribution in [0.2, 0.25) is 0 Å². The monoisotopic (exact) mass is 350 g/mol. The highest BCUT2D eigenvalue weighted by Gasteiger charge is 2.24. The van der Waals surface area contributed by atoms with Crippen LogP contribution in [0.3, 0.4) is 0 Å². The molecule has 0 bridgehead atoms. The molecule has 0 saturated carbocycles. The molecule has 0 radical (unpaired) electrons. The van der Waals surface area contributed by atoms with Gasteiger partial charge in [-0.05, 0) is 12.5 Å². The highest BCUT2D eigenvalue weighted by atomic mass is 32.2. The second kappa shape index (κ2) is 8.02. The molecule has 1 fully saturated rings. The number of pyridine rings is 1. The molecule has 1 saturated heterocycles. The summed E-state index contributed by atoms with van der Waals surface area (Å²) in [7, 11) is 0. The molecule has 1 aliphatic rings. The van der Waals surface area contributed by atoms with E-state index < -0.39 is 0 Å². The third kappa shape index (κ3) is 3.61. The molecule has 0 amide bonds. The first-order valence-corrected chi connectivity index (χ1v) is 9.15. The second-order valence-electron chi connectivity index (χ2n) is 5.73. The van der Waals surface area contributed by atoms with Gasteiger partial charge in [0.15, 0.2) is 0 Å². The summed E-state index contributed by atoms with van der Waals surface area (Å²) in [5.74, 6) is 1.89. The van der Waals surface area contributed by atoms with Gasteiger partial charge in [-0.3, -0.25) is 0 Å². The van der Waals surface area contributed by atoms with Crippen molar-refractivity contribution < 1.29 is 4.74 Å². The van der Waals surface area contributed by atoms with E-state index in [0.29, 0.717) is 40.0 Å². The molecule has 0 atom stereocenters. The Labute approximate surface area is 151 Å². The fourth-order valence-corrected chi connectivity index (χ4v) is 3.68. The third-order valence-electron chi connectivity index (χ3n) is 3.96. The zero-order valence-corrected chi connectivity index (χ0v) is 14.8. The lowest BCUT2D eigenvalue weighted by Crippen LogP contribution is -2.29. The molecular weight excluding hydrogens is 332 g/mol. The Morgan fingerprint density at radius 1 is 1.20 bits per heavy atom. The van der Waals surface area contributed by atoms with Crippen molar-refractivity contribution in [2.75, 3.05) is 30.8 Å². The van der Waals surface area contributed by atoms with Gasteiger partial charge in [-0.2, -0.15) is 10.5 Å². The molecule has 1 N–H and O–H groups in total. The van der Waals surface area contributed by atoms with Crippen LogP contribution in [0.5, 0.6) is 0 Å². The van der Waals surface area contributed by atoms with E-state index in [4.69, 9.17) is 4.74 Å². The minimum atomic E-state index is 0.418. The summed E-state index contributed by atoms with van der Waals surface area (Å²) in [4.78, 5) is 4.59. The Balaban J connectivity index is 2.13. The van der Waals surface area contributed by atoms with Crippen LogP contribution >= 0.6 is 11.8 Å². The standard InChI is InChI=1S/C19H18N4OS/c1-2-22-18-15(8-20)17(14-6-4-3-5-7-14)16(9-21)19(23-18)25-12-13-10-24-11-13/h3-7,13H,2,10-12H2,1H3,(H,22,23). The first-order valence-electron chi connectivity index (χ1n) is 8.16. The number of benzene rings is 1. The van der Waals surface area contributed by atoms with Crippen molar-refractivity contribution in [1.82, 2.24) is 4.98 Å². The molecule has 2 heterocycles. The molecule has 1 aromatic carbocycles. The molecule has 3 rings (SSSR count). The van der Waals surface area contributed by atoms with Gasteiger partial charge in [-0.25, -0.2) is 4.98 Å². The number of thioether (sulfide) groups is 1. The molecular formula is C19H18N4OS. The summed E-state index contributed by atoms with van der Waals surface area (Å²) >= 11 is 1.56. The highest BCUT2D eigenvalue weighted by molar-refractivity contribution is 7.99. The summed E-state index contributed by atoms with van der Waals surface area (Å²) in [5.41, 5.74) is 2.39. The highest BCUT2D eigenvalue weighted by Crippen LogP contribution is 2.37. The van der Waals surface area contributed by atoms with E-state index in [2.05, 4.69) is 22.4 Å². The SMILES string of the molecule is CCNc1nc(SCC2COC2)c(C#N)c(-c2ccccc2)c1C#N. The number of aromatic nitrogens is 1. The van der Waals surface area contributed by atoms with Gasteiger partial charge in [0.1, 0.15) is 28.5 Å². The second-order valence-corrected chi connectivity index (χ2v) is 6.73. The maximum Gasteiger partial charge on any atom is 0.146 e. The quantitative estimate of drug-likeness (QED) is 0.801. The predicted molar refractivity (Wildman–Crippen MR) is 98.3 cm³/mol. The van der Waals surface area contributed by atoms with Gasteiger partial charge in [-0.15, -0.1) is 11.8 Å². The molecule has 0 unspecified atom stereocenters. The van der Waals surface area contributed by atoms with Crippen molar-refractivity contribution >= 4 is 17.6 Å². The Morgan fingerprint density at radius 3 is 2.48 bits per heavy atom. The zero-order chi connectivity index (χ0) is 17.6. The molecule has 126 valence electrons. The summed E-state index contributed by atoms with van der Waals surface area (Å²) < 4.78 is 5.22. The number of nitrogens with zero attached hydrogens (tertiary/aromatic N) is 3. The van der Waals surface area contributed by atoms with Gasteiger partial charge < -0.3 is 10.1 Å².